The van der Waals surface area contributed by atoms with Gasteiger partial charge in [0.15, 0.2) is 0 Å². The van der Waals surface area contributed by atoms with Gasteiger partial charge in [-0.3, -0.25) is 0 Å². The number of halogens is 2. The molecule has 1 nitrogen and oxygen atoms in total. The van der Waals surface area contributed by atoms with Crippen molar-refractivity contribution < 1.29 is 4.39 Å². The summed E-state index contributed by atoms with van der Waals surface area (Å²) >= 11 is 3.35. The van der Waals surface area contributed by atoms with Gasteiger partial charge in [-0.05, 0) is 37.6 Å². The molecule has 1 aromatic rings. The van der Waals surface area contributed by atoms with Gasteiger partial charge in [-0.25, -0.2) is 4.39 Å². The van der Waals surface area contributed by atoms with Gasteiger partial charge in [-0.2, -0.15) is 0 Å². The third kappa shape index (κ3) is 2.89. The maximum atomic E-state index is 13.4. The number of rotatable bonds is 1. The maximum absolute atomic E-state index is 13.4. The van der Waals surface area contributed by atoms with E-state index in [9.17, 15) is 4.39 Å². The van der Waals surface area contributed by atoms with Crippen LogP contribution in [0.5, 0.6) is 0 Å². The molecule has 0 spiro atoms. The van der Waals surface area contributed by atoms with Gasteiger partial charge in [0, 0.05) is 16.6 Å². The number of hydrogen-bond acceptors (Lipinski definition) is 1. The first-order valence-corrected chi connectivity index (χ1v) is 5.90. The molecule has 1 N–H and O–H groups in total. The molecule has 0 radical (unpaired) electrons. The van der Waals surface area contributed by atoms with Crippen LogP contribution in [0.1, 0.15) is 18.4 Å². The highest BCUT2D eigenvalue weighted by Gasteiger charge is 2.06. The van der Waals surface area contributed by atoms with Crippen LogP contribution in [-0.2, 0) is 0 Å². The molecule has 1 saturated heterocycles. The summed E-state index contributed by atoms with van der Waals surface area (Å²) in [5.41, 5.74) is 1.95. The van der Waals surface area contributed by atoms with Crippen molar-refractivity contribution in [3.63, 3.8) is 0 Å². The summed E-state index contributed by atoms with van der Waals surface area (Å²) in [4.78, 5) is 0. The van der Waals surface area contributed by atoms with Crippen LogP contribution in [0.2, 0.25) is 0 Å². The third-order valence-electron chi connectivity index (χ3n) is 2.52. The molecule has 1 aliphatic rings. The van der Waals surface area contributed by atoms with E-state index in [1.54, 1.807) is 6.07 Å². The summed E-state index contributed by atoms with van der Waals surface area (Å²) in [6.45, 7) is 1.95. The average Bonchev–Trinajstić information content (AvgIpc) is 2.25. The Balaban J connectivity index is 2.25. The van der Waals surface area contributed by atoms with Gasteiger partial charge in [-0.15, -0.1) is 0 Å². The molecule has 1 aliphatic heterocycles. The quantitative estimate of drug-likeness (QED) is 0.825. The predicted molar refractivity (Wildman–Crippen MR) is 64.2 cm³/mol. The molecule has 80 valence electrons. The molecule has 0 atom stereocenters. The van der Waals surface area contributed by atoms with Crippen molar-refractivity contribution >= 4 is 22.0 Å². The summed E-state index contributed by atoms with van der Waals surface area (Å²) in [6.07, 6.45) is 4.16. The summed E-state index contributed by atoms with van der Waals surface area (Å²) in [7, 11) is 0. The number of nitrogens with one attached hydrogen (secondary N) is 1. The van der Waals surface area contributed by atoms with Crippen molar-refractivity contribution in [2.45, 2.75) is 12.8 Å². The highest BCUT2D eigenvalue weighted by molar-refractivity contribution is 9.10. The highest BCUT2D eigenvalue weighted by Crippen LogP contribution is 2.20. The lowest BCUT2D eigenvalue weighted by Crippen LogP contribution is -2.23. The van der Waals surface area contributed by atoms with E-state index in [-0.39, 0.29) is 5.82 Å². The first-order chi connectivity index (χ1) is 7.25. The second kappa shape index (κ2) is 4.90. The minimum absolute atomic E-state index is 0.156. The minimum Gasteiger partial charge on any atom is -0.313 e. The molecule has 0 unspecified atom stereocenters. The molecule has 15 heavy (non-hydrogen) atoms. The van der Waals surface area contributed by atoms with Gasteiger partial charge in [-0.1, -0.05) is 27.6 Å². The molecular weight excluding hydrogens is 257 g/mol. The Morgan fingerprint density at radius 3 is 3.00 bits per heavy atom. The van der Waals surface area contributed by atoms with Gasteiger partial charge < -0.3 is 5.32 Å². The zero-order chi connectivity index (χ0) is 10.7. The fourth-order valence-corrected chi connectivity index (χ4v) is 2.12. The Hall–Kier alpha value is -0.670. The van der Waals surface area contributed by atoms with Crippen LogP contribution in [0.3, 0.4) is 0 Å². The van der Waals surface area contributed by atoms with Crippen LogP contribution in [-0.4, -0.2) is 13.1 Å². The van der Waals surface area contributed by atoms with Crippen LogP contribution >= 0.6 is 15.9 Å². The molecule has 1 heterocycles. The minimum atomic E-state index is -0.156. The number of benzene rings is 1. The summed E-state index contributed by atoms with van der Waals surface area (Å²) < 4.78 is 14.4. The van der Waals surface area contributed by atoms with Crippen LogP contribution < -0.4 is 5.32 Å². The molecule has 0 aliphatic carbocycles. The Morgan fingerprint density at radius 1 is 1.40 bits per heavy atom. The van der Waals surface area contributed by atoms with Crippen LogP contribution in [0.25, 0.3) is 6.08 Å². The SMILES string of the molecule is Fc1ccc(Br)cc1C=C1CCCNC1. The lowest BCUT2D eigenvalue weighted by molar-refractivity contribution is 0.609. The lowest BCUT2D eigenvalue weighted by atomic mass is 10.0. The molecule has 0 bridgehead atoms. The van der Waals surface area contributed by atoms with E-state index in [2.05, 4.69) is 21.2 Å². The Bertz CT molecular complexity index is 379. The number of hydrogen-bond donors (Lipinski definition) is 1. The summed E-state index contributed by atoms with van der Waals surface area (Å²) in [5.74, 6) is -0.156. The first-order valence-electron chi connectivity index (χ1n) is 5.11. The lowest BCUT2D eigenvalue weighted by Gasteiger charge is -2.15. The van der Waals surface area contributed by atoms with Gasteiger partial charge >= 0.3 is 0 Å². The topological polar surface area (TPSA) is 12.0 Å². The fraction of sp³-hybridized carbons (Fsp3) is 0.333. The third-order valence-corrected chi connectivity index (χ3v) is 3.01. The Morgan fingerprint density at radius 2 is 2.27 bits per heavy atom. The van der Waals surface area contributed by atoms with Gasteiger partial charge in [0.05, 0.1) is 0 Å². The van der Waals surface area contributed by atoms with E-state index < -0.39 is 0 Å². The van der Waals surface area contributed by atoms with Crippen molar-refractivity contribution in [1.29, 1.82) is 0 Å². The Kier molecular flexibility index (Phi) is 3.54. The van der Waals surface area contributed by atoms with Gasteiger partial charge in [0.1, 0.15) is 5.82 Å². The van der Waals surface area contributed by atoms with Crippen LogP contribution in [0, 0.1) is 5.82 Å². The molecule has 0 saturated carbocycles. The van der Waals surface area contributed by atoms with E-state index in [1.165, 1.54) is 11.6 Å². The molecule has 0 amide bonds. The fourth-order valence-electron chi connectivity index (χ4n) is 1.75. The van der Waals surface area contributed by atoms with Crippen LogP contribution in [0.4, 0.5) is 4.39 Å². The molecule has 3 heteroatoms. The highest BCUT2D eigenvalue weighted by atomic mass is 79.9. The van der Waals surface area contributed by atoms with Crippen molar-refractivity contribution in [3.8, 4) is 0 Å². The smallest absolute Gasteiger partial charge is 0.130 e. The zero-order valence-corrected chi connectivity index (χ0v) is 9.98. The molecular formula is C12H13BrFN. The van der Waals surface area contributed by atoms with E-state index >= 15 is 0 Å². The molecule has 0 aromatic heterocycles. The first kappa shape index (κ1) is 10.8. The van der Waals surface area contributed by atoms with E-state index in [1.807, 2.05) is 12.1 Å². The second-order valence-electron chi connectivity index (χ2n) is 3.75. The van der Waals surface area contributed by atoms with Crippen LogP contribution in [0.15, 0.2) is 28.2 Å². The standard InChI is InChI=1S/C12H13BrFN/c13-11-3-4-12(14)10(7-11)6-9-2-1-5-15-8-9/h3-4,6-7,15H,1-2,5,8H2. The Labute approximate surface area is 97.5 Å². The van der Waals surface area contributed by atoms with Crippen molar-refractivity contribution in [2.75, 3.05) is 13.1 Å². The van der Waals surface area contributed by atoms with Crippen molar-refractivity contribution in [1.82, 2.24) is 5.32 Å². The molecule has 2 rings (SSSR count). The largest absolute Gasteiger partial charge is 0.313 e. The van der Waals surface area contributed by atoms with Gasteiger partial charge in [0.2, 0.25) is 0 Å². The summed E-state index contributed by atoms with van der Waals surface area (Å²) in [5, 5.41) is 3.29. The van der Waals surface area contributed by atoms with E-state index in [4.69, 9.17) is 0 Å². The van der Waals surface area contributed by atoms with E-state index in [0.29, 0.717) is 5.56 Å². The van der Waals surface area contributed by atoms with Gasteiger partial charge in [0.25, 0.3) is 0 Å². The second-order valence-corrected chi connectivity index (χ2v) is 4.66. The summed E-state index contributed by atoms with van der Waals surface area (Å²) in [6, 6.07) is 5.03. The molecule has 1 fully saturated rings. The average molecular weight is 270 g/mol. The maximum Gasteiger partial charge on any atom is 0.130 e. The monoisotopic (exact) mass is 269 g/mol. The molecule has 1 aromatic carbocycles. The number of piperidine rings is 1. The predicted octanol–water partition coefficient (Wildman–Crippen LogP) is 3.36. The van der Waals surface area contributed by atoms with Crippen molar-refractivity contribution in [3.05, 3.63) is 39.6 Å². The van der Waals surface area contributed by atoms with Crippen molar-refractivity contribution in [2.24, 2.45) is 0 Å². The normalized spacial score (nSPS) is 19.5. The van der Waals surface area contributed by atoms with E-state index in [0.717, 1.165) is 30.4 Å². The zero-order valence-electron chi connectivity index (χ0n) is 8.39.